The van der Waals surface area contributed by atoms with Crippen molar-refractivity contribution < 1.29 is 9.53 Å². The fourth-order valence-corrected chi connectivity index (χ4v) is 3.21. The van der Waals surface area contributed by atoms with Gasteiger partial charge in [0.25, 0.3) is 5.91 Å². The number of amides is 1. The van der Waals surface area contributed by atoms with E-state index < -0.39 is 0 Å². The van der Waals surface area contributed by atoms with Crippen LogP contribution in [0.2, 0.25) is 0 Å². The topological polar surface area (TPSA) is 38.3 Å². The molecule has 0 saturated heterocycles. The summed E-state index contributed by atoms with van der Waals surface area (Å²) in [5.41, 5.74) is 4.63. The monoisotopic (exact) mass is 309 g/mol. The number of carbonyl (C=O) groups excluding carboxylic acids is 1. The number of ether oxygens (including phenoxy) is 1. The third-order valence-corrected chi connectivity index (χ3v) is 4.57. The SMILES string of the molecule is COc1ccccc1C(=O)N[C@H](C)c1ccc2c(c1)CCCC2. The molecule has 0 aromatic heterocycles. The Bertz CT molecular complexity index is 709. The van der Waals surface area contributed by atoms with Gasteiger partial charge in [0.15, 0.2) is 0 Å². The number of methoxy groups -OCH3 is 1. The minimum Gasteiger partial charge on any atom is -0.496 e. The second kappa shape index (κ2) is 6.86. The van der Waals surface area contributed by atoms with Crippen molar-refractivity contribution in [1.82, 2.24) is 5.32 Å². The molecule has 1 atom stereocenters. The normalized spacial score (nSPS) is 14.7. The van der Waals surface area contributed by atoms with Gasteiger partial charge < -0.3 is 10.1 Å². The molecule has 0 saturated carbocycles. The highest BCUT2D eigenvalue weighted by molar-refractivity contribution is 5.97. The molecule has 1 aliphatic rings. The Kier molecular flexibility index (Phi) is 4.65. The Hall–Kier alpha value is -2.29. The molecule has 2 aromatic rings. The van der Waals surface area contributed by atoms with Crippen LogP contribution in [-0.2, 0) is 12.8 Å². The molecule has 1 N–H and O–H groups in total. The summed E-state index contributed by atoms with van der Waals surface area (Å²) in [6, 6.07) is 13.9. The van der Waals surface area contributed by atoms with Gasteiger partial charge in [0.05, 0.1) is 18.7 Å². The van der Waals surface area contributed by atoms with E-state index in [0.29, 0.717) is 11.3 Å². The molecule has 23 heavy (non-hydrogen) atoms. The number of hydrogen-bond acceptors (Lipinski definition) is 2. The zero-order valence-electron chi connectivity index (χ0n) is 13.8. The lowest BCUT2D eigenvalue weighted by atomic mass is 9.89. The third kappa shape index (κ3) is 3.39. The summed E-state index contributed by atoms with van der Waals surface area (Å²) < 4.78 is 5.27. The summed E-state index contributed by atoms with van der Waals surface area (Å²) in [6.45, 7) is 2.03. The van der Waals surface area contributed by atoms with Gasteiger partial charge in [-0.1, -0.05) is 30.3 Å². The molecule has 2 aromatic carbocycles. The molecule has 1 amide bonds. The van der Waals surface area contributed by atoms with E-state index >= 15 is 0 Å². The van der Waals surface area contributed by atoms with Crippen molar-refractivity contribution in [3.05, 3.63) is 64.7 Å². The molecule has 0 bridgehead atoms. The van der Waals surface area contributed by atoms with Crippen LogP contribution in [-0.4, -0.2) is 13.0 Å². The molecule has 3 rings (SSSR count). The van der Waals surface area contributed by atoms with Gasteiger partial charge in [0.1, 0.15) is 5.75 Å². The van der Waals surface area contributed by atoms with E-state index in [4.69, 9.17) is 4.74 Å². The Morgan fingerprint density at radius 1 is 1.09 bits per heavy atom. The Labute approximate surface area is 137 Å². The van der Waals surface area contributed by atoms with Crippen LogP contribution in [0.5, 0.6) is 5.75 Å². The van der Waals surface area contributed by atoms with Crippen LogP contribution < -0.4 is 10.1 Å². The Balaban J connectivity index is 1.76. The van der Waals surface area contributed by atoms with Crippen molar-refractivity contribution in [3.63, 3.8) is 0 Å². The zero-order chi connectivity index (χ0) is 16.2. The lowest BCUT2D eigenvalue weighted by Crippen LogP contribution is -2.27. The summed E-state index contributed by atoms with van der Waals surface area (Å²) in [5, 5.41) is 3.08. The lowest BCUT2D eigenvalue weighted by Gasteiger charge is -2.20. The molecule has 3 heteroatoms. The van der Waals surface area contributed by atoms with E-state index in [-0.39, 0.29) is 11.9 Å². The Morgan fingerprint density at radius 2 is 1.83 bits per heavy atom. The maximum Gasteiger partial charge on any atom is 0.255 e. The quantitative estimate of drug-likeness (QED) is 0.924. The van der Waals surface area contributed by atoms with E-state index in [1.54, 1.807) is 19.2 Å². The summed E-state index contributed by atoms with van der Waals surface area (Å²) in [4.78, 5) is 12.5. The second-order valence-electron chi connectivity index (χ2n) is 6.13. The third-order valence-electron chi connectivity index (χ3n) is 4.57. The van der Waals surface area contributed by atoms with Crippen LogP contribution in [0.4, 0.5) is 0 Å². The molecule has 1 aliphatic carbocycles. The number of hydrogen-bond donors (Lipinski definition) is 1. The first-order valence-electron chi connectivity index (χ1n) is 8.24. The number of carbonyl (C=O) groups is 1. The molecular formula is C20H23NO2. The van der Waals surface area contributed by atoms with Crippen LogP contribution in [0.25, 0.3) is 0 Å². The van der Waals surface area contributed by atoms with Gasteiger partial charge in [-0.2, -0.15) is 0 Å². The van der Waals surface area contributed by atoms with E-state index in [1.807, 2.05) is 19.1 Å². The van der Waals surface area contributed by atoms with E-state index in [0.717, 1.165) is 12.0 Å². The highest BCUT2D eigenvalue weighted by atomic mass is 16.5. The van der Waals surface area contributed by atoms with Crippen molar-refractivity contribution in [3.8, 4) is 5.75 Å². The number of aryl methyl sites for hydroxylation is 2. The van der Waals surface area contributed by atoms with Crippen molar-refractivity contribution in [2.45, 2.75) is 38.6 Å². The molecule has 3 nitrogen and oxygen atoms in total. The van der Waals surface area contributed by atoms with E-state index in [2.05, 4.69) is 23.5 Å². The summed E-state index contributed by atoms with van der Waals surface area (Å²) in [6.07, 6.45) is 4.87. The van der Waals surface area contributed by atoms with Crippen LogP contribution in [0.1, 0.15) is 52.9 Å². The summed E-state index contributed by atoms with van der Waals surface area (Å²) in [5.74, 6) is 0.496. The van der Waals surface area contributed by atoms with Crippen LogP contribution >= 0.6 is 0 Å². The molecule has 120 valence electrons. The van der Waals surface area contributed by atoms with E-state index in [1.165, 1.54) is 30.4 Å². The minimum atomic E-state index is -0.104. The number of para-hydroxylation sites is 1. The number of benzene rings is 2. The average Bonchev–Trinajstić information content (AvgIpc) is 2.61. The molecular weight excluding hydrogens is 286 g/mol. The van der Waals surface area contributed by atoms with Gasteiger partial charge in [-0.3, -0.25) is 4.79 Å². The van der Waals surface area contributed by atoms with Gasteiger partial charge in [-0.05, 0) is 61.4 Å². The van der Waals surface area contributed by atoms with Crippen molar-refractivity contribution >= 4 is 5.91 Å². The molecule has 0 aliphatic heterocycles. The highest BCUT2D eigenvalue weighted by Gasteiger charge is 2.17. The zero-order valence-corrected chi connectivity index (χ0v) is 13.8. The van der Waals surface area contributed by atoms with Crippen molar-refractivity contribution in [2.75, 3.05) is 7.11 Å². The van der Waals surface area contributed by atoms with Crippen LogP contribution in [0.15, 0.2) is 42.5 Å². The first-order valence-corrected chi connectivity index (χ1v) is 8.24. The largest absolute Gasteiger partial charge is 0.496 e. The second-order valence-corrected chi connectivity index (χ2v) is 6.13. The minimum absolute atomic E-state index is 0.0281. The maximum absolute atomic E-state index is 12.5. The first-order chi connectivity index (χ1) is 11.2. The Morgan fingerprint density at radius 3 is 2.61 bits per heavy atom. The standard InChI is InChI=1S/C20H23NO2/c1-14(16-12-11-15-7-3-4-8-17(15)13-16)21-20(22)18-9-5-6-10-19(18)23-2/h5-6,9-14H,3-4,7-8H2,1-2H3,(H,21,22)/t14-/m1/s1. The molecule has 0 spiro atoms. The fraction of sp³-hybridized carbons (Fsp3) is 0.350. The van der Waals surface area contributed by atoms with Crippen LogP contribution in [0, 0.1) is 0 Å². The molecule has 0 heterocycles. The highest BCUT2D eigenvalue weighted by Crippen LogP contribution is 2.25. The number of rotatable bonds is 4. The first kappa shape index (κ1) is 15.6. The predicted octanol–water partition coefficient (Wildman–Crippen LogP) is 4.07. The predicted molar refractivity (Wildman–Crippen MR) is 92.0 cm³/mol. The van der Waals surface area contributed by atoms with Gasteiger partial charge in [0, 0.05) is 0 Å². The summed E-state index contributed by atoms with van der Waals surface area (Å²) >= 11 is 0. The van der Waals surface area contributed by atoms with Crippen molar-refractivity contribution in [2.24, 2.45) is 0 Å². The van der Waals surface area contributed by atoms with E-state index in [9.17, 15) is 4.79 Å². The van der Waals surface area contributed by atoms with Gasteiger partial charge in [0.2, 0.25) is 0 Å². The smallest absolute Gasteiger partial charge is 0.255 e. The van der Waals surface area contributed by atoms with Crippen molar-refractivity contribution in [1.29, 1.82) is 0 Å². The molecule has 0 unspecified atom stereocenters. The summed E-state index contributed by atoms with van der Waals surface area (Å²) in [7, 11) is 1.58. The van der Waals surface area contributed by atoms with Gasteiger partial charge in [-0.15, -0.1) is 0 Å². The number of nitrogens with one attached hydrogen (secondary N) is 1. The van der Waals surface area contributed by atoms with Gasteiger partial charge >= 0.3 is 0 Å². The molecule has 0 fully saturated rings. The van der Waals surface area contributed by atoms with Gasteiger partial charge in [-0.25, -0.2) is 0 Å². The number of fused-ring (bicyclic) bond motifs is 1. The average molecular weight is 309 g/mol. The van der Waals surface area contributed by atoms with Crippen LogP contribution in [0.3, 0.4) is 0 Å². The molecule has 0 radical (unpaired) electrons. The maximum atomic E-state index is 12.5. The lowest BCUT2D eigenvalue weighted by molar-refractivity contribution is 0.0937. The fourth-order valence-electron chi connectivity index (χ4n) is 3.21.